The molecule has 6 unspecified atom stereocenters. The monoisotopic (exact) mass is 2020 g/mol. The molecule has 21 N–H and O–H groups in total. The van der Waals surface area contributed by atoms with Crippen LogP contribution in [0.15, 0.2) is 101 Å². The topological polar surface area (TPSA) is 859 Å². The number of H-pyrrole nitrogens is 3. The van der Waals surface area contributed by atoms with Crippen molar-refractivity contribution in [2.45, 2.75) is 154 Å². The standard InChI is InChI=1S/C22H24ClN7O13P2.C22H26N8O13P2.C21H24N8O13P2/c23-9-1-3-25-17-8(9)2-4-29(17)20-14(32)15-11(41-20)6-39-45(36,37)43-16-13(31)10(5-38-44(34,35)42-15)40-21(16)30-7-26-12-18(30)27-22(24)28-19(12)33;1-8-2-3-24-17-11(8)25-6-29(17)20-14(32)15-10(41-20)5-39-45(36,37)43-16-13(31)9(4-38-44(34,35)42-15)40-21(16)30-7-26-12-18(30)27-22(23)28-19(12)33;22-21-26-17-11(18(32)27-21)25-7-29(17)20-15-12(30)9(39-20)4-37-43(33,34)41-14-10(5-38-44(35,36)42-15)40-19(13(14)31)28-6-24-8-2-1-3-23-16(8)28/h1-4,7,10-11,13-16,20-21,31-32H,5-6H2,(H,34,35)(H,36,37)(H3,24,27,28,33);2-3,6-7,9-10,13-16,20-21,31-32H,4-5H2,1H3,(H,34,35)(H,36,37)(H3,23,27,28,33);1-3,6-7,9-10,12-15,19-20,30-31H,4-5H2,(H,33,34)(H,35,36)(H3,22,26,27,32)/t10-,11-,13-,14-,15-,16-,20-,21-;9-,10-,13-,14-,15-,16-,20-,21-;9-,10-,12-,13-,14-,15-,19-,20-/m111/s1. The first kappa shape index (κ1) is 93.8. The predicted molar refractivity (Wildman–Crippen MR) is 436 cm³/mol. The van der Waals surface area contributed by atoms with Gasteiger partial charge in [-0.25, -0.2) is 67.3 Å². The molecular formula is C65H74ClN23O39P6. The average Bonchev–Trinajstić information content (AvgIpc) is 1.62. The molecule has 0 aliphatic carbocycles. The summed E-state index contributed by atoms with van der Waals surface area (Å²) in [4.78, 5) is 153. The lowest BCUT2D eigenvalue weighted by atomic mass is 10.1. The van der Waals surface area contributed by atoms with Gasteiger partial charge in [0.25, 0.3) is 16.7 Å². The van der Waals surface area contributed by atoms with Crippen LogP contribution in [0.25, 0.3) is 66.9 Å². The molecule has 69 heteroatoms. The van der Waals surface area contributed by atoms with Crippen molar-refractivity contribution in [2.75, 3.05) is 56.8 Å². The Labute approximate surface area is 746 Å². The van der Waals surface area contributed by atoms with E-state index in [1.165, 1.54) is 51.1 Å². The molecule has 9 fully saturated rings. The molecule has 30 atom stereocenters. The highest BCUT2D eigenvalue weighted by Crippen LogP contribution is 2.59. The molecule has 9 aliphatic heterocycles. The Morgan fingerprint density at radius 2 is 0.657 bits per heavy atom. The van der Waals surface area contributed by atoms with Crippen LogP contribution in [0, 0.1) is 6.92 Å². The zero-order valence-corrected chi connectivity index (χ0v) is 73.6. The molecule has 62 nitrogen and oxygen atoms in total. The Balaban J connectivity index is 0.000000129. The third kappa shape index (κ3) is 18.1. The van der Waals surface area contributed by atoms with E-state index in [9.17, 15) is 102 Å². The first-order chi connectivity index (χ1) is 63.5. The number of halogens is 1. The minimum Gasteiger partial charge on any atom is -0.387 e. The zero-order chi connectivity index (χ0) is 94.6. The summed E-state index contributed by atoms with van der Waals surface area (Å²) >= 11 is 6.23. The van der Waals surface area contributed by atoms with E-state index in [1.807, 2.05) is 0 Å². The van der Waals surface area contributed by atoms with E-state index in [0.29, 0.717) is 38.4 Å². The van der Waals surface area contributed by atoms with Crippen molar-refractivity contribution in [1.29, 1.82) is 0 Å². The second-order valence-corrected chi connectivity index (χ2v) is 39.7. The van der Waals surface area contributed by atoms with Crippen LogP contribution < -0.4 is 33.9 Å². The van der Waals surface area contributed by atoms with E-state index in [1.54, 1.807) is 37.3 Å². The van der Waals surface area contributed by atoms with Crippen LogP contribution in [0.3, 0.4) is 0 Å². The molecular weight excluding hydrogens is 1950 g/mol. The number of ether oxygens (including phenoxy) is 6. The van der Waals surface area contributed by atoms with E-state index in [4.69, 9.17) is 112 Å². The van der Waals surface area contributed by atoms with Crippen LogP contribution >= 0.6 is 58.5 Å². The molecule has 0 radical (unpaired) electrons. The number of phosphoric acid groups is 6. The smallest absolute Gasteiger partial charge is 0.387 e. The minimum atomic E-state index is -5.09. The molecule has 6 bridgehead atoms. The van der Waals surface area contributed by atoms with Crippen molar-refractivity contribution in [3.8, 4) is 0 Å². The molecule has 0 aromatic carbocycles. The fourth-order valence-electron chi connectivity index (χ4n) is 16.2. The number of aromatic nitrogens is 20. The number of nitrogens with one attached hydrogen (secondary N) is 3. The Kier molecular flexibility index (Phi) is 25.0. The third-order valence-electron chi connectivity index (χ3n) is 22.4. The predicted octanol–water partition coefficient (Wildman–Crippen LogP) is -2.39. The molecule has 12 aromatic rings. The summed E-state index contributed by atoms with van der Waals surface area (Å²) in [5.74, 6) is -0.828. The van der Waals surface area contributed by atoms with Crippen LogP contribution in [-0.4, -0.2) is 307 Å². The summed E-state index contributed by atoms with van der Waals surface area (Å²) in [5.41, 5.74) is 16.7. The SMILES string of the molecule is Cc1ccnc2c1ncn2[C@@H]1O[C@@H]2COP(=O)(O)O[C@@H]3[C@H](O)[C@@H](COP(=O)(O)O[C@H]2[C@H]1O)O[C@H]3n1cnc2c(=O)[nH]c(N)nc21.Nc1nc2c(ncn2[C@@H]2O[C@@H]3COP(=O)(O)O[C@H]4[C@@H](O)[C@H](n5ccc6c(Cl)ccnc65)O[C@@H]4COP(=O)(O)O[C@@H]2[C@@H]3O)c(=O)[nH]1.Nc1nc2c(ncn2[C@@H]2O[C@@H]3COP(=O)(O)O[C@H]4[C@@H](O)[C@H](n5cnc6cccnc65)O[C@@H]4COP(=O)(O)O[C@@H]2[C@@H]3O)c(=O)[nH]1. The normalized spacial score (nSPS) is 37.9. The van der Waals surface area contributed by atoms with Gasteiger partial charge in [0.1, 0.15) is 127 Å². The van der Waals surface area contributed by atoms with Crippen molar-refractivity contribution in [3.05, 3.63) is 128 Å². The fourth-order valence-corrected chi connectivity index (χ4v) is 22.1. The molecule has 0 spiro atoms. The van der Waals surface area contributed by atoms with E-state index in [-0.39, 0.29) is 51.3 Å². The number of rotatable bonds is 6. The second-order valence-electron chi connectivity index (χ2n) is 30.9. The van der Waals surface area contributed by atoms with Crippen LogP contribution in [-0.2, 0) is 110 Å². The van der Waals surface area contributed by atoms with Gasteiger partial charge in [-0.05, 0) is 42.8 Å². The first-order valence-electron chi connectivity index (χ1n) is 39.3. The number of aliphatic hydroxyl groups is 6. The summed E-state index contributed by atoms with van der Waals surface area (Å²) in [7, 11) is -30.4. The van der Waals surface area contributed by atoms with Gasteiger partial charge in [-0.2, -0.15) is 15.0 Å². The lowest BCUT2D eigenvalue weighted by Gasteiger charge is -2.25. The number of nitrogens with zero attached hydrogens (tertiary/aromatic N) is 17. The third-order valence-corrected chi connectivity index (χ3v) is 28.6. The summed E-state index contributed by atoms with van der Waals surface area (Å²) in [6.07, 6.45) is -25.2. The van der Waals surface area contributed by atoms with E-state index in [0.717, 1.165) is 38.2 Å². The van der Waals surface area contributed by atoms with Crippen LogP contribution in [0.2, 0.25) is 5.02 Å². The van der Waals surface area contributed by atoms with Crippen LogP contribution in [0.4, 0.5) is 17.8 Å². The van der Waals surface area contributed by atoms with Gasteiger partial charge in [0.2, 0.25) is 17.8 Å². The number of fused-ring (bicyclic) bond motifs is 15. The van der Waals surface area contributed by atoms with Gasteiger partial charge in [0.15, 0.2) is 82.2 Å². The van der Waals surface area contributed by atoms with Crippen LogP contribution in [0.1, 0.15) is 42.9 Å². The lowest BCUT2D eigenvalue weighted by Crippen LogP contribution is -2.36. The van der Waals surface area contributed by atoms with E-state index >= 15 is 0 Å². The summed E-state index contributed by atoms with van der Waals surface area (Å²) in [5, 5.41) is 67.3. The van der Waals surface area contributed by atoms with E-state index < -0.39 is 250 Å². The van der Waals surface area contributed by atoms with Crippen molar-refractivity contribution in [1.82, 2.24) is 97.2 Å². The van der Waals surface area contributed by atoms with Gasteiger partial charge < -0.3 is 110 Å². The number of anilines is 3. The number of nitrogens with two attached hydrogens (primary N) is 3. The average molecular weight is 2020 g/mol. The Morgan fingerprint density at radius 1 is 0.351 bits per heavy atom. The first-order valence-corrected chi connectivity index (χ1v) is 48.7. The fraction of sp³-hybridized carbons (Fsp3) is 0.477. The van der Waals surface area contributed by atoms with Crippen molar-refractivity contribution < 1.29 is 170 Å². The Hall–Kier alpha value is -9.15. The maximum absolute atomic E-state index is 13.2. The van der Waals surface area contributed by atoms with Crippen molar-refractivity contribution in [2.24, 2.45) is 0 Å². The van der Waals surface area contributed by atoms with Crippen molar-refractivity contribution in [3.63, 3.8) is 0 Å². The number of nitrogen functional groups attached to an aromatic ring is 3. The molecule has 720 valence electrons. The number of hydrogen-bond donors (Lipinski definition) is 18. The maximum atomic E-state index is 13.2. The largest absolute Gasteiger partial charge is 0.472 e. The number of aromatic amines is 3. The van der Waals surface area contributed by atoms with Crippen LogP contribution in [0.5, 0.6) is 0 Å². The molecule has 12 aromatic heterocycles. The lowest BCUT2D eigenvalue weighted by molar-refractivity contribution is -0.0673. The molecule has 0 saturated carbocycles. The minimum absolute atomic E-state index is 0.117. The molecule has 134 heavy (non-hydrogen) atoms. The Morgan fingerprint density at radius 3 is 1.04 bits per heavy atom. The number of hydrogen-bond acceptors (Lipinski definition) is 47. The van der Waals surface area contributed by atoms with Gasteiger partial charge in [-0.15, -0.1) is 0 Å². The van der Waals surface area contributed by atoms with Gasteiger partial charge in [0, 0.05) is 30.2 Å². The van der Waals surface area contributed by atoms with Gasteiger partial charge in [-0.3, -0.25) is 106 Å². The molecule has 9 saturated heterocycles. The van der Waals surface area contributed by atoms with Gasteiger partial charge in [0.05, 0.1) is 76.3 Å². The highest BCUT2D eigenvalue weighted by Gasteiger charge is 2.59. The quantitative estimate of drug-likeness (QED) is 0.0773. The van der Waals surface area contributed by atoms with Crippen molar-refractivity contribution >= 4 is 143 Å². The number of pyridine rings is 3. The zero-order valence-electron chi connectivity index (χ0n) is 67.5. The molecule has 21 rings (SSSR count). The summed E-state index contributed by atoms with van der Waals surface area (Å²) in [6.45, 7) is -2.99. The maximum Gasteiger partial charge on any atom is 0.472 e. The summed E-state index contributed by atoms with van der Waals surface area (Å²) < 4.78 is 184. The molecule has 21 heterocycles. The summed E-state index contributed by atoms with van der Waals surface area (Å²) in [6, 6.07) is 8.22. The second kappa shape index (κ2) is 35.7. The highest BCUT2D eigenvalue weighted by atomic mass is 35.5. The number of phosphoric ester groups is 6. The number of aliphatic hydroxyl groups excluding tert-OH is 6. The Bertz CT molecular complexity index is 6780. The van der Waals surface area contributed by atoms with E-state index in [2.05, 4.69) is 69.8 Å². The highest BCUT2D eigenvalue weighted by molar-refractivity contribution is 7.48. The molecule has 0 amide bonds. The number of aryl methyl sites for hydroxylation is 1. The van der Waals surface area contributed by atoms with Gasteiger partial charge in [-0.1, -0.05) is 11.6 Å². The number of imidazole rings is 5. The van der Waals surface area contributed by atoms with Gasteiger partial charge >= 0.3 is 46.9 Å². The molecule has 9 aliphatic rings.